The molecule has 2 nitrogen and oxygen atoms in total. The predicted octanol–water partition coefficient (Wildman–Crippen LogP) is 3.08. The van der Waals surface area contributed by atoms with Gasteiger partial charge < -0.3 is 10.2 Å². The van der Waals surface area contributed by atoms with Crippen LogP contribution in [0.15, 0.2) is 30.3 Å². The van der Waals surface area contributed by atoms with E-state index in [0.717, 1.165) is 0 Å². The average molecular weight is 260 g/mol. The zero-order chi connectivity index (χ0) is 13.3. The molecule has 1 fully saturated rings. The average Bonchev–Trinajstić information content (AvgIpc) is 2.66. The van der Waals surface area contributed by atoms with Crippen molar-refractivity contribution in [2.75, 3.05) is 26.2 Å². The Labute approximate surface area is 118 Å². The zero-order valence-corrected chi connectivity index (χ0v) is 12.3. The van der Waals surface area contributed by atoms with Crippen molar-refractivity contribution in [2.24, 2.45) is 0 Å². The van der Waals surface area contributed by atoms with E-state index in [0.29, 0.717) is 6.04 Å². The summed E-state index contributed by atoms with van der Waals surface area (Å²) < 4.78 is 0. The van der Waals surface area contributed by atoms with Crippen LogP contribution in [-0.2, 0) is 6.42 Å². The van der Waals surface area contributed by atoms with Gasteiger partial charge in [0.05, 0.1) is 0 Å². The number of hydrogen-bond acceptors (Lipinski definition) is 2. The highest BCUT2D eigenvalue weighted by Gasteiger charge is 2.16. The van der Waals surface area contributed by atoms with Gasteiger partial charge in [0.2, 0.25) is 0 Å². The largest absolute Gasteiger partial charge is 0.313 e. The van der Waals surface area contributed by atoms with E-state index < -0.39 is 0 Å². The van der Waals surface area contributed by atoms with Crippen LogP contribution in [0, 0.1) is 0 Å². The molecule has 0 aromatic heterocycles. The monoisotopic (exact) mass is 260 g/mol. The Bertz CT molecular complexity index is 336. The summed E-state index contributed by atoms with van der Waals surface area (Å²) in [4.78, 5) is 2.66. The van der Waals surface area contributed by atoms with E-state index in [2.05, 4.69) is 47.5 Å². The van der Waals surface area contributed by atoms with Crippen molar-refractivity contribution < 1.29 is 0 Å². The van der Waals surface area contributed by atoms with E-state index in [9.17, 15) is 0 Å². The number of rotatable bonds is 6. The minimum absolute atomic E-state index is 0.712. The second kappa shape index (κ2) is 8.34. The van der Waals surface area contributed by atoms with Gasteiger partial charge in [0, 0.05) is 12.6 Å². The van der Waals surface area contributed by atoms with Crippen LogP contribution in [0.2, 0.25) is 0 Å². The summed E-state index contributed by atoms with van der Waals surface area (Å²) in [5, 5.41) is 3.68. The van der Waals surface area contributed by atoms with Gasteiger partial charge in [-0.05, 0) is 50.9 Å². The Morgan fingerprint density at radius 3 is 2.89 bits per heavy atom. The molecule has 0 aliphatic carbocycles. The number of hydrogen-bond donors (Lipinski definition) is 1. The smallest absolute Gasteiger partial charge is 0.0194 e. The maximum atomic E-state index is 3.68. The fourth-order valence-corrected chi connectivity index (χ4v) is 2.97. The molecule has 106 valence electrons. The topological polar surface area (TPSA) is 15.3 Å². The Balaban J connectivity index is 1.72. The van der Waals surface area contributed by atoms with Crippen LogP contribution < -0.4 is 5.32 Å². The third-order valence-corrected chi connectivity index (χ3v) is 3.98. The van der Waals surface area contributed by atoms with Crippen LogP contribution in [0.1, 0.15) is 38.2 Å². The summed E-state index contributed by atoms with van der Waals surface area (Å²) in [6, 6.07) is 11.6. The highest BCUT2D eigenvalue weighted by atomic mass is 15.2. The first-order chi connectivity index (χ1) is 9.38. The number of nitrogens with zero attached hydrogens (tertiary/aromatic N) is 1. The molecule has 0 saturated carbocycles. The van der Waals surface area contributed by atoms with E-state index in [1.807, 2.05) is 0 Å². The molecule has 0 bridgehead atoms. The molecule has 1 aromatic carbocycles. The normalized spacial score (nSPS) is 21.2. The lowest BCUT2D eigenvalue weighted by Crippen LogP contribution is -2.38. The van der Waals surface area contributed by atoms with Crippen molar-refractivity contribution in [1.82, 2.24) is 10.2 Å². The van der Waals surface area contributed by atoms with E-state index in [4.69, 9.17) is 0 Å². The summed E-state index contributed by atoms with van der Waals surface area (Å²) in [5.74, 6) is 0. The summed E-state index contributed by atoms with van der Waals surface area (Å²) in [5.41, 5.74) is 1.47. The SMILES string of the molecule is CCCC1CN(CCCc2ccccc2)CCCN1. The molecule has 1 saturated heterocycles. The van der Waals surface area contributed by atoms with Crippen LogP contribution in [0.5, 0.6) is 0 Å². The molecule has 0 amide bonds. The second-order valence-electron chi connectivity index (χ2n) is 5.68. The van der Waals surface area contributed by atoms with Gasteiger partial charge in [-0.2, -0.15) is 0 Å². The lowest BCUT2D eigenvalue weighted by Gasteiger charge is -2.24. The van der Waals surface area contributed by atoms with Crippen LogP contribution in [0.25, 0.3) is 0 Å². The molecule has 1 aliphatic heterocycles. The van der Waals surface area contributed by atoms with Crippen molar-refractivity contribution in [3.05, 3.63) is 35.9 Å². The summed E-state index contributed by atoms with van der Waals surface area (Å²) in [6.07, 6.45) is 6.39. The molecule has 2 rings (SSSR count). The highest BCUT2D eigenvalue weighted by Crippen LogP contribution is 2.08. The fraction of sp³-hybridized carbons (Fsp3) is 0.647. The fourth-order valence-electron chi connectivity index (χ4n) is 2.97. The van der Waals surface area contributed by atoms with Gasteiger partial charge in [0.25, 0.3) is 0 Å². The predicted molar refractivity (Wildman–Crippen MR) is 82.5 cm³/mol. The lowest BCUT2D eigenvalue weighted by atomic mass is 10.1. The van der Waals surface area contributed by atoms with Crippen molar-refractivity contribution in [3.8, 4) is 0 Å². The summed E-state index contributed by atoms with van der Waals surface area (Å²) in [6.45, 7) is 7.23. The van der Waals surface area contributed by atoms with Crippen LogP contribution in [-0.4, -0.2) is 37.1 Å². The van der Waals surface area contributed by atoms with Crippen molar-refractivity contribution in [1.29, 1.82) is 0 Å². The van der Waals surface area contributed by atoms with Crippen LogP contribution >= 0.6 is 0 Å². The molecule has 2 heteroatoms. The minimum atomic E-state index is 0.712. The first-order valence-electron chi connectivity index (χ1n) is 7.88. The molecule has 1 heterocycles. The minimum Gasteiger partial charge on any atom is -0.313 e. The number of benzene rings is 1. The van der Waals surface area contributed by atoms with Gasteiger partial charge in [-0.3, -0.25) is 0 Å². The van der Waals surface area contributed by atoms with Gasteiger partial charge in [-0.25, -0.2) is 0 Å². The molecule has 1 unspecified atom stereocenters. The van der Waals surface area contributed by atoms with E-state index in [1.165, 1.54) is 63.8 Å². The Hall–Kier alpha value is -0.860. The Morgan fingerprint density at radius 1 is 1.26 bits per heavy atom. The molecule has 19 heavy (non-hydrogen) atoms. The maximum Gasteiger partial charge on any atom is 0.0194 e. The first-order valence-corrected chi connectivity index (χ1v) is 7.88. The van der Waals surface area contributed by atoms with Crippen LogP contribution in [0.4, 0.5) is 0 Å². The first kappa shape index (κ1) is 14.5. The molecule has 1 atom stereocenters. The second-order valence-corrected chi connectivity index (χ2v) is 5.68. The molecule has 0 radical (unpaired) electrons. The standard InChI is InChI=1S/C17H28N2/c1-2-8-17-15-19(14-7-12-18-17)13-6-11-16-9-4-3-5-10-16/h3-5,9-10,17-18H,2,6-8,11-15H2,1H3. The lowest BCUT2D eigenvalue weighted by molar-refractivity contribution is 0.260. The van der Waals surface area contributed by atoms with Crippen molar-refractivity contribution in [3.63, 3.8) is 0 Å². The molecule has 0 spiro atoms. The van der Waals surface area contributed by atoms with E-state index >= 15 is 0 Å². The number of aryl methyl sites for hydroxylation is 1. The van der Waals surface area contributed by atoms with Gasteiger partial charge >= 0.3 is 0 Å². The van der Waals surface area contributed by atoms with Crippen LogP contribution in [0.3, 0.4) is 0 Å². The quantitative estimate of drug-likeness (QED) is 0.845. The third kappa shape index (κ3) is 5.33. The maximum absolute atomic E-state index is 3.68. The van der Waals surface area contributed by atoms with Crippen molar-refractivity contribution >= 4 is 0 Å². The van der Waals surface area contributed by atoms with Gasteiger partial charge in [0.1, 0.15) is 0 Å². The Kier molecular flexibility index (Phi) is 6.38. The van der Waals surface area contributed by atoms with Gasteiger partial charge in [-0.15, -0.1) is 0 Å². The van der Waals surface area contributed by atoms with Gasteiger partial charge in [-0.1, -0.05) is 43.7 Å². The van der Waals surface area contributed by atoms with Crippen molar-refractivity contribution in [2.45, 2.75) is 45.1 Å². The van der Waals surface area contributed by atoms with E-state index in [-0.39, 0.29) is 0 Å². The zero-order valence-electron chi connectivity index (χ0n) is 12.3. The van der Waals surface area contributed by atoms with E-state index in [1.54, 1.807) is 0 Å². The Morgan fingerprint density at radius 2 is 2.11 bits per heavy atom. The molecular formula is C17H28N2. The van der Waals surface area contributed by atoms with Gasteiger partial charge in [0.15, 0.2) is 0 Å². The molecule has 1 aliphatic rings. The molecule has 1 N–H and O–H groups in total. The summed E-state index contributed by atoms with van der Waals surface area (Å²) >= 11 is 0. The summed E-state index contributed by atoms with van der Waals surface area (Å²) in [7, 11) is 0. The molecular weight excluding hydrogens is 232 g/mol. The number of nitrogens with one attached hydrogen (secondary N) is 1. The third-order valence-electron chi connectivity index (χ3n) is 3.98. The highest BCUT2D eigenvalue weighted by molar-refractivity contribution is 5.14. The molecule has 1 aromatic rings.